The molecule has 4 heteroatoms. The van der Waals surface area contributed by atoms with Crippen LogP contribution >= 0.6 is 0 Å². The van der Waals surface area contributed by atoms with Crippen LogP contribution in [-0.2, 0) is 6.54 Å². The van der Waals surface area contributed by atoms with E-state index in [-0.39, 0.29) is 0 Å². The summed E-state index contributed by atoms with van der Waals surface area (Å²) < 4.78 is 0. The van der Waals surface area contributed by atoms with Crippen LogP contribution in [0.1, 0.15) is 31.9 Å². The summed E-state index contributed by atoms with van der Waals surface area (Å²) in [5.41, 5.74) is 6.34. The van der Waals surface area contributed by atoms with E-state index in [9.17, 15) is 0 Å². The number of nitrogens with zero attached hydrogens (tertiary/aromatic N) is 3. The Morgan fingerprint density at radius 2 is 2.27 bits per heavy atom. The zero-order valence-corrected chi connectivity index (χ0v) is 9.19. The summed E-state index contributed by atoms with van der Waals surface area (Å²) in [6.07, 6.45) is 7.44. The Balaban J connectivity index is 2.13. The third-order valence-electron chi connectivity index (χ3n) is 3.00. The average Bonchev–Trinajstić information content (AvgIpc) is 2.30. The predicted molar refractivity (Wildman–Crippen MR) is 60.6 cm³/mol. The first-order chi connectivity index (χ1) is 7.31. The second-order valence-electron chi connectivity index (χ2n) is 4.11. The molecule has 1 atom stereocenters. The summed E-state index contributed by atoms with van der Waals surface area (Å²) in [7, 11) is 0. The van der Waals surface area contributed by atoms with Gasteiger partial charge in [-0.05, 0) is 26.2 Å². The number of aromatic nitrogens is 2. The molecule has 2 N–H and O–H groups in total. The van der Waals surface area contributed by atoms with Gasteiger partial charge in [-0.3, -0.25) is 4.98 Å². The maximum atomic E-state index is 5.49. The number of nitrogens with two attached hydrogens (primary N) is 1. The van der Waals surface area contributed by atoms with Crippen LogP contribution in [0.5, 0.6) is 0 Å². The number of hydrogen-bond donors (Lipinski definition) is 1. The molecule has 1 unspecified atom stereocenters. The molecule has 1 saturated heterocycles. The van der Waals surface area contributed by atoms with Gasteiger partial charge in [-0.15, -0.1) is 0 Å². The van der Waals surface area contributed by atoms with E-state index < -0.39 is 0 Å². The molecule has 4 nitrogen and oxygen atoms in total. The maximum Gasteiger partial charge on any atom is 0.147 e. The Kier molecular flexibility index (Phi) is 3.16. The monoisotopic (exact) mass is 206 g/mol. The van der Waals surface area contributed by atoms with Crippen molar-refractivity contribution in [3.63, 3.8) is 0 Å². The van der Waals surface area contributed by atoms with Crippen molar-refractivity contribution in [3.8, 4) is 0 Å². The fourth-order valence-corrected chi connectivity index (χ4v) is 2.04. The first-order valence-electron chi connectivity index (χ1n) is 5.59. The zero-order valence-electron chi connectivity index (χ0n) is 9.19. The van der Waals surface area contributed by atoms with Crippen molar-refractivity contribution in [2.24, 2.45) is 5.73 Å². The Bertz CT molecular complexity index is 309. The van der Waals surface area contributed by atoms with Crippen LogP contribution in [0.25, 0.3) is 0 Å². The maximum absolute atomic E-state index is 5.49. The van der Waals surface area contributed by atoms with Crippen molar-refractivity contribution in [1.29, 1.82) is 0 Å². The van der Waals surface area contributed by atoms with Gasteiger partial charge in [0.25, 0.3) is 0 Å². The SMILES string of the molecule is CC1CCCCN1c1cnc(CN)cn1. The van der Waals surface area contributed by atoms with Gasteiger partial charge in [0.15, 0.2) is 0 Å². The molecule has 1 aliphatic heterocycles. The lowest BCUT2D eigenvalue weighted by molar-refractivity contribution is 0.480. The van der Waals surface area contributed by atoms with E-state index in [0.717, 1.165) is 18.1 Å². The third kappa shape index (κ3) is 2.26. The molecule has 1 aromatic rings. The van der Waals surface area contributed by atoms with E-state index in [4.69, 9.17) is 5.73 Å². The van der Waals surface area contributed by atoms with Crippen molar-refractivity contribution in [2.45, 2.75) is 38.8 Å². The van der Waals surface area contributed by atoms with Gasteiger partial charge in [-0.25, -0.2) is 4.98 Å². The van der Waals surface area contributed by atoms with E-state index in [1.165, 1.54) is 19.3 Å². The normalized spacial score (nSPS) is 21.7. The fourth-order valence-electron chi connectivity index (χ4n) is 2.04. The molecule has 0 aliphatic carbocycles. The van der Waals surface area contributed by atoms with Crippen molar-refractivity contribution >= 4 is 5.82 Å². The van der Waals surface area contributed by atoms with E-state index >= 15 is 0 Å². The molecule has 0 bridgehead atoms. The highest BCUT2D eigenvalue weighted by atomic mass is 15.2. The highest BCUT2D eigenvalue weighted by Gasteiger charge is 2.19. The van der Waals surface area contributed by atoms with Gasteiger partial charge in [0.1, 0.15) is 5.82 Å². The quantitative estimate of drug-likeness (QED) is 0.792. The predicted octanol–water partition coefficient (Wildman–Crippen LogP) is 1.31. The summed E-state index contributed by atoms with van der Waals surface area (Å²) in [4.78, 5) is 11.0. The van der Waals surface area contributed by atoms with E-state index in [2.05, 4.69) is 21.8 Å². The number of piperidine rings is 1. The summed E-state index contributed by atoms with van der Waals surface area (Å²) in [6, 6.07) is 0.580. The Morgan fingerprint density at radius 3 is 2.87 bits per heavy atom. The van der Waals surface area contributed by atoms with Gasteiger partial charge in [0, 0.05) is 19.1 Å². The summed E-state index contributed by atoms with van der Waals surface area (Å²) in [5, 5.41) is 0. The van der Waals surface area contributed by atoms with Gasteiger partial charge in [0.05, 0.1) is 18.1 Å². The molecule has 15 heavy (non-hydrogen) atoms. The van der Waals surface area contributed by atoms with E-state index in [1.54, 1.807) is 6.20 Å². The molecule has 1 fully saturated rings. The lowest BCUT2D eigenvalue weighted by atomic mass is 10.0. The molecule has 0 amide bonds. The average molecular weight is 206 g/mol. The Hall–Kier alpha value is -1.16. The third-order valence-corrected chi connectivity index (χ3v) is 3.00. The lowest BCUT2D eigenvalue weighted by Gasteiger charge is -2.34. The number of hydrogen-bond acceptors (Lipinski definition) is 4. The summed E-state index contributed by atoms with van der Waals surface area (Å²) in [5.74, 6) is 0.986. The minimum absolute atomic E-state index is 0.461. The lowest BCUT2D eigenvalue weighted by Crippen LogP contribution is -2.38. The standard InChI is InChI=1S/C11H18N4/c1-9-4-2-3-5-15(9)11-8-13-10(6-12)7-14-11/h7-9H,2-6,12H2,1H3. The van der Waals surface area contributed by atoms with Gasteiger partial charge in [-0.1, -0.05) is 0 Å². The fraction of sp³-hybridized carbons (Fsp3) is 0.636. The van der Waals surface area contributed by atoms with Crippen LogP contribution in [0.3, 0.4) is 0 Å². The minimum atomic E-state index is 0.461. The second-order valence-corrected chi connectivity index (χ2v) is 4.11. The Morgan fingerprint density at radius 1 is 1.40 bits per heavy atom. The minimum Gasteiger partial charge on any atom is -0.353 e. The molecule has 1 aromatic heterocycles. The molecule has 0 aromatic carbocycles. The van der Waals surface area contributed by atoms with Crippen LogP contribution in [0.2, 0.25) is 0 Å². The second kappa shape index (κ2) is 4.57. The molecule has 2 rings (SSSR count). The topological polar surface area (TPSA) is 55.0 Å². The molecule has 0 spiro atoms. The summed E-state index contributed by atoms with van der Waals surface area (Å²) in [6.45, 7) is 3.80. The zero-order chi connectivity index (χ0) is 10.7. The van der Waals surface area contributed by atoms with Crippen LogP contribution in [0.4, 0.5) is 5.82 Å². The molecule has 2 heterocycles. The van der Waals surface area contributed by atoms with Crippen LogP contribution < -0.4 is 10.6 Å². The van der Waals surface area contributed by atoms with Crippen LogP contribution in [0, 0.1) is 0 Å². The molecule has 0 radical (unpaired) electrons. The van der Waals surface area contributed by atoms with Gasteiger partial charge < -0.3 is 10.6 Å². The van der Waals surface area contributed by atoms with Gasteiger partial charge >= 0.3 is 0 Å². The van der Waals surface area contributed by atoms with Gasteiger partial charge in [0.2, 0.25) is 0 Å². The van der Waals surface area contributed by atoms with E-state index in [1.807, 2.05) is 6.20 Å². The molecular formula is C11H18N4. The van der Waals surface area contributed by atoms with E-state index in [0.29, 0.717) is 12.6 Å². The van der Waals surface area contributed by atoms with Crippen LogP contribution in [-0.4, -0.2) is 22.6 Å². The number of anilines is 1. The first-order valence-corrected chi connectivity index (χ1v) is 5.59. The Labute approximate surface area is 90.5 Å². The van der Waals surface area contributed by atoms with Crippen molar-refractivity contribution in [3.05, 3.63) is 18.1 Å². The first kappa shape index (κ1) is 10.4. The number of rotatable bonds is 2. The highest BCUT2D eigenvalue weighted by molar-refractivity contribution is 5.37. The van der Waals surface area contributed by atoms with Crippen molar-refractivity contribution in [2.75, 3.05) is 11.4 Å². The smallest absolute Gasteiger partial charge is 0.147 e. The summed E-state index contributed by atoms with van der Waals surface area (Å²) >= 11 is 0. The largest absolute Gasteiger partial charge is 0.353 e. The van der Waals surface area contributed by atoms with Crippen molar-refractivity contribution in [1.82, 2.24) is 9.97 Å². The molecular weight excluding hydrogens is 188 g/mol. The molecule has 1 aliphatic rings. The highest BCUT2D eigenvalue weighted by Crippen LogP contribution is 2.21. The van der Waals surface area contributed by atoms with Gasteiger partial charge in [-0.2, -0.15) is 0 Å². The van der Waals surface area contributed by atoms with Crippen molar-refractivity contribution < 1.29 is 0 Å². The van der Waals surface area contributed by atoms with Crippen LogP contribution in [0.15, 0.2) is 12.4 Å². The molecule has 0 saturated carbocycles. The molecule has 82 valence electrons.